The number of fused-ring (bicyclic) bond motifs is 1. The summed E-state index contributed by atoms with van der Waals surface area (Å²) in [6.07, 6.45) is 0.645. The predicted octanol–water partition coefficient (Wildman–Crippen LogP) is 3.40. The second-order valence-corrected chi connectivity index (χ2v) is 6.34. The van der Waals surface area contributed by atoms with Crippen LogP contribution in [0.4, 0.5) is 11.5 Å². The molecule has 4 rings (SSSR count). The van der Waals surface area contributed by atoms with Gasteiger partial charge in [-0.15, -0.1) is 0 Å². The largest absolute Gasteiger partial charge is 0.383 e. The minimum absolute atomic E-state index is 0.314. The van der Waals surface area contributed by atoms with Crippen molar-refractivity contribution in [3.63, 3.8) is 0 Å². The number of aromatic nitrogens is 2. The molecule has 26 heavy (non-hydrogen) atoms. The molecule has 2 N–H and O–H groups in total. The van der Waals surface area contributed by atoms with Gasteiger partial charge in [-0.1, -0.05) is 48.5 Å². The zero-order valence-electron chi connectivity index (χ0n) is 14.7. The minimum atomic E-state index is -0.749. The van der Waals surface area contributed by atoms with Gasteiger partial charge in [-0.05, 0) is 24.6 Å². The third kappa shape index (κ3) is 2.84. The minimum Gasteiger partial charge on any atom is -0.383 e. The van der Waals surface area contributed by atoms with Crippen LogP contribution in [0.3, 0.4) is 0 Å². The predicted molar refractivity (Wildman–Crippen MR) is 103 cm³/mol. The Morgan fingerprint density at radius 1 is 1.08 bits per heavy atom. The number of para-hydroxylation sites is 1. The fourth-order valence-corrected chi connectivity index (χ4v) is 3.17. The number of benzene rings is 2. The van der Waals surface area contributed by atoms with Crippen molar-refractivity contribution >= 4 is 17.3 Å². The number of hydrogen-bond donors (Lipinski definition) is 2. The van der Waals surface area contributed by atoms with Crippen molar-refractivity contribution in [1.29, 1.82) is 0 Å². The lowest BCUT2D eigenvalue weighted by Crippen LogP contribution is -2.34. The molecule has 0 radical (unpaired) electrons. The Morgan fingerprint density at radius 3 is 2.42 bits per heavy atom. The molecule has 0 bridgehead atoms. The summed E-state index contributed by atoms with van der Waals surface area (Å²) in [4.78, 5) is 6.75. The zero-order chi connectivity index (χ0) is 18.1. The van der Waals surface area contributed by atoms with Crippen LogP contribution < -0.4 is 10.2 Å². The van der Waals surface area contributed by atoms with Gasteiger partial charge in [-0.25, -0.2) is 9.67 Å². The Labute approximate surface area is 152 Å². The summed E-state index contributed by atoms with van der Waals surface area (Å²) in [7, 11) is 1.99. The number of hydrogen-bond acceptors (Lipinski definition) is 5. The van der Waals surface area contributed by atoms with Crippen molar-refractivity contribution in [3.05, 3.63) is 78.0 Å². The molecule has 0 amide bonds. The van der Waals surface area contributed by atoms with Crippen molar-refractivity contribution in [2.45, 2.75) is 19.3 Å². The first-order chi connectivity index (χ1) is 12.6. The number of amidine groups is 1. The highest BCUT2D eigenvalue weighted by Gasteiger charge is 2.29. The van der Waals surface area contributed by atoms with E-state index in [2.05, 4.69) is 15.3 Å². The molecular formula is C20H21N5O. The Bertz CT molecular complexity index is 920. The van der Waals surface area contributed by atoms with E-state index < -0.39 is 6.10 Å². The third-order valence-electron chi connectivity index (χ3n) is 4.57. The summed E-state index contributed by atoms with van der Waals surface area (Å²) >= 11 is 0. The number of rotatable bonds is 4. The van der Waals surface area contributed by atoms with Crippen molar-refractivity contribution in [2.75, 3.05) is 17.3 Å². The van der Waals surface area contributed by atoms with Crippen LogP contribution in [0.25, 0.3) is 0 Å². The van der Waals surface area contributed by atoms with Gasteiger partial charge in [0.1, 0.15) is 17.8 Å². The van der Waals surface area contributed by atoms with Crippen molar-refractivity contribution in [2.24, 2.45) is 4.99 Å². The molecule has 2 aromatic carbocycles. The lowest BCUT2D eigenvalue weighted by atomic mass is 10.0. The molecule has 0 saturated carbocycles. The lowest BCUT2D eigenvalue weighted by Gasteiger charge is -2.32. The Hall–Kier alpha value is -3.12. The SMILES string of the molecule is CC1=NC(N(C)c2ccccc2)n2ncc(C(O)c3ccccc3)c2N1. The Balaban J connectivity index is 1.72. The van der Waals surface area contributed by atoms with E-state index >= 15 is 0 Å². The van der Waals surface area contributed by atoms with Crippen LogP contribution in [0.1, 0.15) is 30.4 Å². The van der Waals surface area contributed by atoms with E-state index in [1.54, 1.807) is 6.20 Å². The van der Waals surface area contributed by atoms with Gasteiger partial charge in [0.05, 0.1) is 6.20 Å². The number of aliphatic hydroxyl groups excluding tert-OH is 1. The molecular weight excluding hydrogens is 326 g/mol. The summed E-state index contributed by atoms with van der Waals surface area (Å²) in [5.74, 6) is 1.55. The van der Waals surface area contributed by atoms with E-state index in [1.807, 2.05) is 79.3 Å². The molecule has 6 heteroatoms. The molecule has 0 aliphatic carbocycles. The molecule has 6 nitrogen and oxygen atoms in total. The van der Waals surface area contributed by atoms with Crippen LogP contribution in [0.5, 0.6) is 0 Å². The average molecular weight is 347 g/mol. The van der Waals surface area contributed by atoms with Crippen LogP contribution in [-0.4, -0.2) is 27.8 Å². The molecule has 3 aromatic rings. The van der Waals surface area contributed by atoms with Gasteiger partial charge in [-0.2, -0.15) is 5.10 Å². The molecule has 0 saturated heterocycles. The first-order valence-corrected chi connectivity index (χ1v) is 8.55. The van der Waals surface area contributed by atoms with Crippen molar-refractivity contribution < 1.29 is 5.11 Å². The maximum atomic E-state index is 10.8. The van der Waals surface area contributed by atoms with Crippen LogP contribution >= 0.6 is 0 Å². The first kappa shape index (κ1) is 16.4. The number of aliphatic imine (C=N–C) groups is 1. The van der Waals surface area contributed by atoms with Crippen LogP contribution in [-0.2, 0) is 0 Å². The maximum Gasteiger partial charge on any atom is 0.221 e. The van der Waals surface area contributed by atoms with E-state index in [9.17, 15) is 5.11 Å². The van der Waals surface area contributed by atoms with Gasteiger partial charge in [0.25, 0.3) is 0 Å². The number of nitrogens with zero attached hydrogens (tertiary/aromatic N) is 4. The molecule has 1 aliphatic rings. The second-order valence-electron chi connectivity index (χ2n) is 6.34. The lowest BCUT2D eigenvalue weighted by molar-refractivity contribution is 0.221. The Kier molecular flexibility index (Phi) is 4.18. The van der Waals surface area contributed by atoms with Crippen LogP contribution in [0.2, 0.25) is 0 Å². The molecule has 0 spiro atoms. The van der Waals surface area contributed by atoms with Crippen molar-refractivity contribution in [3.8, 4) is 0 Å². The number of anilines is 2. The fraction of sp³-hybridized carbons (Fsp3) is 0.200. The third-order valence-corrected chi connectivity index (χ3v) is 4.57. The van der Waals surface area contributed by atoms with E-state index in [1.165, 1.54) is 0 Å². The van der Waals surface area contributed by atoms with Crippen LogP contribution in [0.15, 0.2) is 71.9 Å². The molecule has 1 aliphatic heterocycles. The van der Waals surface area contributed by atoms with Gasteiger partial charge in [0.2, 0.25) is 6.29 Å². The zero-order valence-corrected chi connectivity index (χ0v) is 14.7. The van der Waals surface area contributed by atoms with E-state index in [-0.39, 0.29) is 6.29 Å². The van der Waals surface area contributed by atoms with Crippen molar-refractivity contribution in [1.82, 2.24) is 9.78 Å². The van der Waals surface area contributed by atoms with Crippen LogP contribution in [0, 0.1) is 0 Å². The highest BCUT2D eigenvalue weighted by atomic mass is 16.3. The fourth-order valence-electron chi connectivity index (χ4n) is 3.17. The summed E-state index contributed by atoms with van der Waals surface area (Å²) in [5.41, 5.74) is 2.61. The van der Waals surface area contributed by atoms with Gasteiger partial charge in [0, 0.05) is 18.3 Å². The molecule has 0 fully saturated rings. The standard InChI is InChI=1S/C20H21N5O/c1-14-22-19-17(18(26)15-9-5-3-6-10-15)13-21-25(19)20(23-14)24(2)16-11-7-4-8-12-16/h3-13,18,20,26H,1-2H3,(H,22,23). The highest BCUT2D eigenvalue weighted by molar-refractivity contribution is 5.94. The Morgan fingerprint density at radius 2 is 1.73 bits per heavy atom. The van der Waals surface area contributed by atoms with Gasteiger partial charge >= 0.3 is 0 Å². The van der Waals surface area contributed by atoms with E-state index in [0.29, 0.717) is 0 Å². The molecule has 2 unspecified atom stereocenters. The van der Waals surface area contributed by atoms with E-state index in [0.717, 1.165) is 28.5 Å². The topological polar surface area (TPSA) is 65.7 Å². The van der Waals surface area contributed by atoms with Gasteiger partial charge < -0.3 is 15.3 Å². The summed E-state index contributed by atoms with van der Waals surface area (Å²) in [6.45, 7) is 1.92. The van der Waals surface area contributed by atoms with E-state index in [4.69, 9.17) is 4.99 Å². The van der Waals surface area contributed by atoms with Gasteiger partial charge in [0.15, 0.2) is 0 Å². The summed E-state index contributed by atoms with van der Waals surface area (Å²) in [6, 6.07) is 19.6. The maximum absolute atomic E-state index is 10.8. The summed E-state index contributed by atoms with van der Waals surface area (Å²) < 4.78 is 1.81. The molecule has 2 heterocycles. The number of aliphatic hydroxyl groups is 1. The average Bonchev–Trinajstić information content (AvgIpc) is 3.11. The molecule has 1 aromatic heterocycles. The second kappa shape index (κ2) is 6.65. The first-order valence-electron chi connectivity index (χ1n) is 8.55. The van der Waals surface area contributed by atoms with Gasteiger partial charge in [-0.3, -0.25) is 0 Å². The number of nitrogens with one attached hydrogen (secondary N) is 1. The smallest absolute Gasteiger partial charge is 0.221 e. The quantitative estimate of drug-likeness (QED) is 0.759. The molecule has 2 atom stereocenters. The summed E-state index contributed by atoms with van der Waals surface area (Å²) in [5, 5.41) is 18.6. The highest BCUT2D eigenvalue weighted by Crippen LogP contribution is 2.34. The molecule has 132 valence electrons. The monoisotopic (exact) mass is 347 g/mol. The normalized spacial score (nSPS) is 17.0.